The van der Waals surface area contributed by atoms with E-state index in [-0.39, 0.29) is 17.9 Å². The van der Waals surface area contributed by atoms with Crippen molar-refractivity contribution >= 4 is 5.91 Å². The van der Waals surface area contributed by atoms with Crippen LogP contribution in [0.3, 0.4) is 0 Å². The van der Waals surface area contributed by atoms with Crippen molar-refractivity contribution in [3.63, 3.8) is 0 Å². The van der Waals surface area contributed by atoms with Crippen molar-refractivity contribution in [2.45, 2.75) is 40.3 Å². The van der Waals surface area contributed by atoms with E-state index in [1.54, 1.807) is 12.5 Å². The molecule has 0 aliphatic carbocycles. The van der Waals surface area contributed by atoms with Crippen LogP contribution in [0.25, 0.3) is 0 Å². The Labute approximate surface area is 109 Å². The smallest absolute Gasteiger partial charge is 0.240 e. The quantitative estimate of drug-likeness (QED) is 0.768. The zero-order chi connectivity index (χ0) is 13.7. The number of aromatic nitrogens is 2. The molecule has 0 fully saturated rings. The zero-order valence-corrected chi connectivity index (χ0v) is 11.7. The van der Waals surface area contributed by atoms with E-state index >= 15 is 0 Å². The SMILES string of the molecule is CC(C)CNCc1cncn1C(C(N)=O)C(C)C. The van der Waals surface area contributed by atoms with Gasteiger partial charge in [0.1, 0.15) is 6.04 Å². The largest absolute Gasteiger partial charge is 0.368 e. The van der Waals surface area contributed by atoms with Gasteiger partial charge in [0.15, 0.2) is 0 Å². The van der Waals surface area contributed by atoms with Gasteiger partial charge in [0, 0.05) is 12.7 Å². The first-order valence-corrected chi connectivity index (χ1v) is 6.44. The predicted octanol–water partition coefficient (Wildman–Crippen LogP) is 1.31. The molecule has 0 aliphatic rings. The van der Waals surface area contributed by atoms with Crippen LogP contribution in [-0.2, 0) is 11.3 Å². The zero-order valence-electron chi connectivity index (χ0n) is 11.7. The Balaban J connectivity index is 2.77. The Kier molecular flexibility index (Phi) is 5.34. The Hall–Kier alpha value is -1.36. The molecule has 1 unspecified atom stereocenters. The maximum absolute atomic E-state index is 11.5. The van der Waals surface area contributed by atoms with Crippen molar-refractivity contribution < 1.29 is 4.79 Å². The van der Waals surface area contributed by atoms with Gasteiger partial charge in [-0.3, -0.25) is 4.79 Å². The molecule has 102 valence electrons. The summed E-state index contributed by atoms with van der Waals surface area (Å²) in [6.07, 6.45) is 3.47. The van der Waals surface area contributed by atoms with Gasteiger partial charge in [-0.2, -0.15) is 0 Å². The molecule has 1 aromatic heterocycles. The summed E-state index contributed by atoms with van der Waals surface area (Å²) < 4.78 is 1.88. The predicted molar refractivity (Wildman–Crippen MR) is 71.8 cm³/mol. The molecule has 1 amide bonds. The molecule has 0 aromatic carbocycles. The number of carbonyl (C=O) groups is 1. The highest BCUT2D eigenvalue weighted by Gasteiger charge is 2.23. The van der Waals surface area contributed by atoms with Gasteiger partial charge in [0.05, 0.1) is 12.0 Å². The Morgan fingerprint density at radius 1 is 1.44 bits per heavy atom. The van der Waals surface area contributed by atoms with Crippen LogP contribution in [0.5, 0.6) is 0 Å². The molecule has 0 radical (unpaired) electrons. The second-order valence-electron chi connectivity index (χ2n) is 5.41. The average Bonchev–Trinajstić information content (AvgIpc) is 2.64. The number of primary amides is 1. The second kappa shape index (κ2) is 6.54. The van der Waals surface area contributed by atoms with E-state index in [9.17, 15) is 4.79 Å². The molecule has 0 saturated heterocycles. The summed E-state index contributed by atoms with van der Waals surface area (Å²) in [5.41, 5.74) is 6.46. The summed E-state index contributed by atoms with van der Waals surface area (Å²) >= 11 is 0. The van der Waals surface area contributed by atoms with Crippen molar-refractivity contribution in [3.05, 3.63) is 18.2 Å². The van der Waals surface area contributed by atoms with Gasteiger partial charge in [0.25, 0.3) is 0 Å². The average molecular weight is 252 g/mol. The van der Waals surface area contributed by atoms with E-state index in [4.69, 9.17) is 5.73 Å². The van der Waals surface area contributed by atoms with Crippen LogP contribution < -0.4 is 11.1 Å². The molecular weight excluding hydrogens is 228 g/mol. The van der Waals surface area contributed by atoms with E-state index in [0.29, 0.717) is 12.5 Å². The minimum absolute atomic E-state index is 0.153. The fraction of sp³-hybridized carbons (Fsp3) is 0.692. The number of hydrogen-bond donors (Lipinski definition) is 2. The first-order chi connectivity index (χ1) is 8.43. The van der Waals surface area contributed by atoms with Crippen LogP contribution in [-0.4, -0.2) is 22.0 Å². The molecule has 1 atom stereocenters. The number of rotatable bonds is 7. The summed E-state index contributed by atoms with van der Waals surface area (Å²) in [7, 11) is 0. The standard InChI is InChI=1S/C13H24N4O/c1-9(2)5-15-6-11-7-16-8-17(11)12(10(3)4)13(14)18/h7-10,12,15H,5-6H2,1-4H3,(H2,14,18). The van der Waals surface area contributed by atoms with Crippen LogP contribution >= 0.6 is 0 Å². The number of nitrogens with zero attached hydrogens (tertiary/aromatic N) is 2. The molecule has 0 aliphatic heterocycles. The number of nitrogens with two attached hydrogens (primary N) is 1. The van der Waals surface area contributed by atoms with Crippen LogP contribution in [0.4, 0.5) is 0 Å². The Bertz CT molecular complexity index is 384. The van der Waals surface area contributed by atoms with E-state index in [0.717, 1.165) is 12.2 Å². The maximum atomic E-state index is 11.5. The summed E-state index contributed by atoms with van der Waals surface area (Å²) in [5, 5.41) is 3.35. The van der Waals surface area contributed by atoms with Crippen molar-refractivity contribution in [1.29, 1.82) is 0 Å². The summed E-state index contributed by atoms with van der Waals surface area (Å²) in [4.78, 5) is 15.6. The van der Waals surface area contributed by atoms with Gasteiger partial charge in [0.2, 0.25) is 5.91 Å². The molecule has 3 N–H and O–H groups in total. The van der Waals surface area contributed by atoms with Crippen LogP contribution in [0.15, 0.2) is 12.5 Å². The molecule has 1 rings (SSSR count). The fourth-order valence-electron chi connectivity index (χ4n) is 2.00. The Morgan fingerprint density at radius 2 is 2.11 bits per heavy atom. The fourth-order valence-corrected chi connectivity index (χ4v) is 2.00. The van der Waals surface area contributed by atoms with Crippen LogP contribution in [0.2, 0.25) is 0 Å². The van der Waals surface area contributed by atoms with Crippen molar-refractivity contribution in [2.24, 2.45) is 17.6 Å². The van der Waals surface area contributed by atoms with Gasteiger partial charge in [-0.15, -0.1) is 0 Å². The van der Waals surface area contributed by atoms with Gasteiger partial charge in [-0.25, -0.2) is 4.98 Å². The first-order valence-electron chi connectivity index (χ1n) is 6.44. The monoisotopic (exact) mass is 252 g/mol. The third-order valence-corrected chi connectivity index (χ3v) is 2.83. The lowest BCUT2D eigenvalue weighted by Gasteiger charge is -2.21. The Morgan fingerprint density at radius 3 is 2.61 bits per heavy atom. The van der Waals surface area contributed by atoms with E-state index in [2.05, 4.69) is 24.1 Å². The van der Waals surface area contributed by atoms with Gasteiger partial charge < -0.3 is 15.6 Å². The summed E-state index contributed by atoms with van der Waals surface area (Å²) in [6, 6.07) is -0.330. The van der Waals surface area contributed by atoms with Crippen LogP contribution in [0, 0.1) is 11.8 Å². The number of hydrogen-bond acceptors (Lipinski definition) is 3. The molecule has 5 heteroatoms. The molecule has 1 heterocycles. The van der Waals surface area contributed by atoms with Crippen molar-refractivity contribution in [3.8, 4) is 0 Å². The lowest BCUT2D eigenvalue weighted by molar-refractivity contribution is -0.122. The first kappa shape index (κ1) is 14.7. The number of nitrogens with one attached hydrogen (secondary N) is 1. The van der Waals surface area contributed by atoms with Crippen LogP contribution in [0.1, 0.15) is 39.4 Å². The third-order valence-electron chi connectivity index (χ3n) is 2.83. The van der Waals surface area contributed by atoms with Gasteiger partial charge >= 0.3 is 0 Å². The number of amides is 1. The topological polar surface area (TPSA) is 72.9 Å². The normalized spacial score (nSPS) is 13.2. The third kappa shape index (κ3) is 3.84. The lowest BCUT2D eigenvalue weighted by Crippen LogP contribution is -2.32. The maximum Gasteiger partial charge on any atom is 0.240 e. The molecule has 0 spiro atoms. The highest BCUT2D eigenvalue weighted by atomic mass is 16.1. The molecule has 1 aromatic rings. The molecule has 18 heavy (non-hydrogen) atoms. The highest BCUT2D eigenvalue weighted by molar-refractivity contribution is 5.78. The summed E-state index contributed by atoms with van der Waals surface area (Å²) in [6.45, 7) is 9.93. The van der Waals surface area contributed by atoms with Gasteiger partial charge in [-0.1, -0.05) is 27.7 Å². The number of imidazole rings is 1. The van der Waals surface area contributed by atoms with E-state index < -0.39 is 0 Å². The summed E-state index contributed by atoms with van der Waals surface area (Å²) in [5.74, 6) is 0.437. The molecule has 0 saturated carbocycles. The van der Waals surface area contributed by atoms with Crippen molar-refractivity contribution in [2.75, 3.05) is 6.54 Å². The molecule has 0 bridgehead atoms. The highest BCUT2D eigenvalue weighted by Crippen LogP contribution is 2.19. The minimum Gasteiger partial charge on any atom is -0.368 e. The van der Waals surface area contributed by atoms with E-state index in [1.807, 2.05) is 18.4 Å². The lowest BCUT2D eigenvalue weighted by atomic mass is 10.0. The number of carbonyl (C=O) groups excluding carboxylic acids is 1. The second-order valence-corrected chi connectivity index (χ2v) is 5.41. The van der Waals surface area contributed by atoms with E-state index in [1.165, 1.54) is 0 Å². The minimum atomic E-state index is -0.330. The van der Waals surface area contributed by atoms with Crippen molar-refractivity contribution in [1.82, 2.24) is 14.9 Å². The molecule has 5 nitrogen and oxygen atoms in total. The molecular formula is C13H24N4O. The van der Waals surface area contributed by atoms with Gasteiger partial charge in [-0.05, 0) is 18.4 Å².